The maximum atomic E-state index is 6.37. The number of hydrogen-bond acceptors (Lipinski definition) is 4. The molecule has 0 amide bonds. The van der Waals surface area contributed by atoms with Crippen molar-refractivity contribution < 1.29 is 4.74 Å². The van der Waals surface area contributed by atoms with Crippen molar-refractivity contribution in [1.82, 2.24) is 9.97 Å². The van der Waals surface area contributed by atoms with Crippen LogP contribution >= 0.6 is 22.9 Å². The second-order valence-corrected chi connectivity index (χ2v) is 6.57. The number of rotatable bonds is 2. The maximum Gasteiger partial charge on any atom is 0.166 e. The van der Waals surface area contributed by atoms with Gasteiger partial charge in [0, 0.05) is 4.88 Å². The van der Waals surface area contributed by atoms with Gasteiger partial charge in [0.05, 0.1) is 18.1 Å². The van der Waals surface area contributed by atoms with E-state index in [2.05, 4.69) is 23.8 Å². The normalized spacial score (nSPS) is 11.1. The van der Waals surface area contributed by atoms with Gasteiger partial charge in [0.1, 0.15) is 15.7 Å². The Bertz CT molecular complexity index is 842. The van der Waals surface area contributed by atoms with Crippen molar-refractivity contribution in [3.05, 3.63) is 39.4 Å². The number of benzene rings is 1. The van der Waals surface area contributed by atoms with Gasteiger partial charge in [-0.05, 0) is 44.0 Å². The first-order chi connectivity index (χ1) is 10.0. The molecule has 0 radical (unpaired) electrons. The summed E-state index contributed by atoms with van der Waals surface area (Å²) in [6.45, 7) is 6.15. The molecule has 0 saturated heterocycles. The molecule has 0 saturated carbocycles. The lowest BCUT2D eigenvalue weighted by atomic mass is 10.1. The molecular weight excluding hydrogens is 304 g/mol. The Balaban J connectivity index is 2.26. The van der Waals surface area contributed by atoms with Crippen LogP contribution in [0.4, 0.5) is 0 Å². The summed E-state index contributed by atoms with van der Waals surface area (Å²) in [7, 11) is 1.65. The third-order valence-corrected chi connectivity index (χ3v) is 4.96. The Morgan fingerprint density at radius 3 is 2.62 bits per heavy atom. The zero-order valence-electron chi connectivity index (χ0n) is 12.3. The molecule has 1 aromatic carbocycles. The van der Waals surface area contributed by atoms with Crippen molar-refractivity contribution in [3.8, 4) is 17.1 Å². The molecule has 0 bridgehead atoms. The molecule has 3 rings (SSSR count). The monoisotopic (exact) mass is 318 g/mol. The minimum absolute atomic E-state index is 0.500. The number of thiophene rings is 1. The van der Waals surface area contributed by atoms with Crippen LogP contribution in [0.15, 0.2) is 18.2 Å². The second-order valence-electron chi connectivity index (χ2n) is 5.01. The molecule has 0 N–H and O–H groups in total. The molecule has 0 aliphatic carbocycles. The van der Waals surface area contributed by atoms with Crippen LogP contribution in [0.2, 0.25) is 5.15 Å². The van der Waals surface area contributed by atoms with Gasteiger partial charge in [0.25, 0.3) is 0 Å². The molecule has 0 spiro atoms. The van der Waals surface area contributed by atoms with E-state index < -0.39 is 0 Å². The van der Waals surface area contributed by atoms with Gasteiger partial charge in [0.2, 0.25) is 0 Å². The van der Waals surface area contributed by atoms with Crippen molar-refractivity contribution in [2.45, 2.75) is 20.8 Å². The fourth-order valence-electron chi connectivity index (χ4n) is 2.30. The smallest absolute Gasteiger partial charge is 0.166 e. The van der Waals surface area contributed by atoms with E-state index in [1.165, 1.54) is 4.88 Å². The number of halogens is 1. The Kier molecular flexibility index (Phi) is 3.59. The molecule has 2 heterocycles. The first-order valence-electron chi connectivity index (χ1n) is 6.59. The molecule has 0 unspecified atom stereocenters. The van der Waals surface area contributed by atoms with Crippen LogP contribution in [0, 0.1) is 20.8 Å². The fourth-order valence-corrected chi connectivity index (χ4v) is 3.70. The van der Waals surface area contributed by atoms with E-state index in [0.717, 1.165) is 32.7 Å². The summed E-state index contributed by atoms with van der Waals surface area (Å²) in [5.41, 5.74) is 3.14. The van der Waals surface area contributed by atoms with Crippen molar-refractivity contribution in [3.63, 3.8) is 0 Å². The highest BCUT2D eigenvalue weighted by Gasteiger charge is 2.16. The fraction of sp³-hybridized carbons (Fsp3) is 0.250. The summed E-state index contributed by atoms with van der Waals surface area (Å²) in [5.74, 6) is 1.36. The van der Waals surface area contributed by atoms with E-state index in [0.29, 0.717) is 11.0 Å². The average molecular weight is 319 g/mol. The van der Waals surface area contributed by atoms with Gasteiger partial charge in [-0.2, -0.15) is 0 Å². The van der Waals surface area contributed by atoms with E-state index >= 15 is 0 Å². The van der Waals surface area contributed by atoms with E-state index in [1.54, 1.807) is 18.4 Å². The predicted molar refractivity (Wildman–Crippen MR) is 88.6 cm³/mol. The maximum absolute atomic E-state index is 6.37. The molecule has 3 nitrogen and oxygen atoms in total. The Morgan fingerprint density at radius 1 is 1.14 bits per heavy atom. The first-order valence-corrected chi connectivity index (χ1v) is 7.79. The Labute approximate surface area is 132 Å². The van der Waals surface area contributed by atoms with Gasteiger partial charge >= 0.3 is 0 Å². The molecular formula is C16H15ClN2OS. The molecule has 0 atom stereocenters. The average Bonchev–Trinajstić information content (AvgIpc) is 2.74. The van der Waals surface area contributed by atoms with Gasteiger partial charge in [0.15, 0.2) is 5.82 Å². The van der Waals surface area contributed by atoms with Crippen LogP contribution in [0.1, 0.15) is 16.0 Å². The zero-order chi connectivity index (χ0) is 15.1. The molecule has 0 fully saturated rings. The minimum atomic E-state index is 0.500. The lowest BCUT2D eigenvalue weighted by molar-refractivity contribution is 0.416. The number of hydrogen-bond donors (Lipinski definition) is 0. The van der Waals surface area contributed by atoms with Gasteiger partial charge in [-0.3, -0.25) is 0 Å². The van der Waals surface area contributed by atoms with Crippen LogP contribution in [0.25, 0.3) is 21.6 Å². The zero-order valence-corrected chi connectivity index (χ0v) is 13.9. The highest BCUT2D eigenvalue weighted by Crippen LogP contribution is 2.36. The van der Waals surface area contributed by atoms with Gasteiger partial charge in [-0.25, -0.2) is 9.97 Å². The van der Waals surface area contributed by atoms with Crippen LogP contribution in [0.3, 0.4) is 0 Å². The molecule has 5 heteroatoms. The van der Waals surface area contributed by atoms with Crippen molar-refractivity contribution in [1.29, 1.82) is 0 Å². The van der Waals surface area contributed by atoms with Crippen molar-refractivity contribution in [2.24, 2.45) is 0 Å². The van der Waals surface area contributed by atoms with Crippen LogP contribution in [-0.2, 0) is 0 Å². The first kappa shape index (κ1) is 14.3. The van der Waals surface area contributed by atoms with Gasteiger partial charge in [-0.1, -0.05) is 17.7 Å². The lowest BCUT2D eigenvalue weighted by Gasteiger charge is -2.09. The summed E-state index contributed by atoms with van der Waals surface area (Å²) >= 11 is 8.01. The molecule has 108 valence electrons. The predicted octanol–water partition coefficient (Wildman–Crippen LogP) is 4.95. The summed E-state index contributed by atoms with van der Waals surface area (Å²) in [4.78, 5) is 11.3. The van der Waals surface area contributed by atoms with E-state index in [9.17, 15) is 0 Å². The second kappa shape index (κ2) is 5.28. The van der Waals surface area contributed by atoms with Crippen LogP contribution < -0.4 is 4.74 Å². The number of nitrogens with zero attached hydrogens (tertiary/aromatic N) is 2. The standard InChI is InChI=1S/C16H15ClN2OS/c1-8-5-6-11(12(7-8)20-4)15-18-14(17)13-9(2)10(3)21-16(13)19-15/h5-7H,1-4H3. The summed E-state index contributed by atoms with van der Waals surface area (Å²) < 4.78 is 5.44. The minimum Gasteiger partial charge on any atom is -0.496 e. The number of methoxy groups -OCH3 is 1. The van der Waals surface area contributed by atoms with Gasteiger partial charge < -0.3 is 4.74 Å². The summed E-state index contributed by atoms with van der Waals surface area (Å²) in [6.07, 6.45) is 0. The number of aryl methyl sites for hydroxylation is 3. The highest BCUT2D eigenvalue weighted by molar-refractivity contribution is 7.18. The van der Waals surface area contributed by atoms with E-state index in [-0.39, 0.29) is 0 Å². The topological polar surface area (TPSA) is 35.0 Å². The van der Waals surface area contributed by atoms with Crippen LogP contribution in [0.5, 0.6) is 5.75 Å². The quantitative estimate of drug-likeness (QED) is 0.627. The molecule has 0 aliphatic rings. The highest BCUT2D eigenvalue weighted by atomic mass is 35.5. The van der Waals surface area contributed by atoms with Crippen molar-refractivity contribution in [2.75, 3.05) is 7.11 Å². The number of fused-ring (bicyclic) bond motifs is 1. The summed E-state index contributed by atoms with van der Waals surface area (Å²) in [6, 6.07) is 5.96. The third-order valence-electron chi connectivity index (χ3n) is 3.58. The Morgan fingerprint density at radius 2 is 1.90 bits per heavy atom. The SMILES string of the molecule is COc1cc(C)ccc1-c1nc(Cl)c2c(C)c(C)sc2n1. The van der Waals surface area contributed by atoms with Crippen molar-refractivity contribution >= 4 is 33.2 Å². The molecule has 0 aliphatic heterocycles. The summed E-state index contributed by atoms with van der Waals surface area (Å²) in [5, 5.41) is 1.45. The van der Waals surface area contributed by atoms with E-state index in [1.807, 2.05) is 25.1 Å². The largest absolute Gasteiger partial charge is 0.496 e. The molecule has 21 heavy (non-hydrogen) atoms. The molecule has 3 aromatic rings. The Hall–Kier alpha value is -1.65. The van der Waals surface area contributed by atoms with Gasteiger partial charge in [-0.15, -0.1) is 11.3 Å². The van der Waals surface area contributed by atoms with Crippen LogP contribution in [-0.4, -0.2) is 17.1 Å². The number of aromatic nitrogens is 2. The third kappa shape index (κ3) is 2.39. The van der Waals surface area contributed by atoms with E-state index in [4.69, 9.17) is 16.3 Å². The molecule has 2 aromatic heterocycles. The lowest BCUT2D eigenvalue weighted by Crippen LogP contribution is -1.94. The number of ether oxygens (including phenoxy) is 1.